The highest BCUT2D eigenvalue weighted by Gasteiger charge is 2.39. The summed E-state index contributed by atoms with van der Waals surface area (Å²) in [4.78, 5) is 0. The van der Waals surface area contributed by atoms with Crippen LogP contribution in [0.25, 0.3) is 0 Å². The van der Waals surface area contributed by atoms with Gasteiger partial charge in [-0.15, -0.1) is 0 Å². The third-order valence-electron chi connectivity index (χ3n) is 6.19. The molecule has 0 N–H and O–H groups in total. The van der Waals surface area contributed by atoms with Crippen LogP contribution < -0.4 is 0 Å². The smallest absolute Gasteiger partial charge is 0.0450 e. The highest BCUT2D eigenvalue weighted by Crippen LogP contribution is 2.39. The van der Waals surface area contributed by atoms with E-state index in [1.807, 2.05) is 0 Å². The Morgan fingerprint density at radius 1 is 0.593 bits per heavy atom. The summed E-state index contributed by atoms with van der Waals surface area (Å²) in [5.74, 6) is 0. The van der Waals surface area contributed by atoms with Gasteiger partial charge in [-0.05, 0) is 56.9 Å². The summed E-state index contributed by atoms with van der Waals surface area (Å²) in [5, 5.41) is 1.89. The molecule has 27 heavy (non-hydrogen) atoms. The van der Waals surface area contributed by atoms with Crippen LogP contribution in [0.4, 0.5) is 0 Å². The van der Waals surface area contributed by atoms with E-state index in [2.05, 4.69) is 119 Å². The lowest BCUT2D eigenvalue weighted by atomic mass is 10.1. The minimum Gasteiger partial charge on any atom is -0.0695 e. The summed E-state index contributed by atoms with van der Waals surface area (Å²) in [5.41, 5.74) is 3.26. The van der Waals surface area contributed by atoms with Crippen LogP contribution >= 0.6 is 22.6 Å². The van der Waals surface area contributed by atoms with E-state index in [-0.39, 0.29) is 0 Å². The molecule has 0 saturated carbocycles. The molecule has 0 saturated heterocycles. The Balaban J connectivity index is 3.27. The van der Waals surface area contributed by atoms with Gasteiger partial charge in [0.2, 0.25) is 0 Å². The van der Waals surface area contributed by atoms with Crippen molar-refractivity contribution in [2.24, 2.45) is 0 Å². The molecule has 0 heterocycles. The fourth-order valence-corrected chi connectivity index (χ4v) is 30.1. The SMILES string of the molecule is C[Si](C)(C)C(Cc1cccc(CC([Si](C)(C)C)[Si](C)(C)C)c1I)[Si](C)(C)C. The lowest BCUT2D eigenvalue weighted by Gasteiger charge is -2.40. The number of halogens is 1. The topological polar surface area (TPSA) is 0 Å². The molecule has 0 atom stereocenters. The van der Waals surface area contributed by atoms with Crippen LogP contribution in [-0.2, 0) is 12.8 Å². The van der Waals surface area contributed by atoms with E-state index in [0.29, 0.717) is 0 Å². The summed E-state index contributed by atoms with van der Waals surface area (Å²) in [6.07, 6.45) is 2.62. The van der Waals surface area contributed by atoms with Crippen molar-refractivity contribution in [2.75, 3.05) is 0 Å². The van der Waals surface area contributed by atoms with E-state index in [1.165, 1.54) is 12.8 Å². The predicted molar refractivity (Wildman–Crippen MR) is 147 cm³/mol. The summed E-state index contributed by atoms with van der Waals surface area (Å²) < 4.78 is 1.58. The fourth-order valence-electron chi connectivity index (χ4n) is 5.21. The Bertz CT molecular complexity index is 547. The molecule has 0 spiro atoms. The van der Waals surface area contributed by atoms with Gasteiger partial charge in [0.05, 0.1) is 0 Å². The first-order valence-corrected chi connectivity index (χ1v) is 26.0. The van der Waals surface area contributed by atoms with Crippen molar-refractivity contribution in [1.29, 1.82) is 0 Å². The Hall–Kier alpha value is 0.818. The van der Waals surface area contributed by atoms with E-state index < -0.39 is 32.3 Å². The zero-order valence-electron chi connectivity index (χ0n) is 20.2. The molecule has 156 valence electrons. The Kier molecular flexibility index (Phi) is 8.52. The molecule has 0 aromatic heterocycles. The lowest BCUT2D eigenvalue weighted by Crippen LogP contribution is -2.45. The van der Waals surface area contributed by atoms with Crippen molar-refractivity contribution >= 4 is 54.9 Å². The van der Waals surface area contributed by atoms with E-state index in [4.69, 9.17) is 0 Å². The number of hydrogen-bond acceptors (Lipinski definition) is 0. The molecule has 0 aliphatic heterocycles. The van der Waals surface area contributed by atoms with Gasteiger partial charge in [-0.2, -0.15) is 0 Å². The Morgan fingerprint density at radius 3 is 1.07 bits per heavy atom. The molecule has 5 heteroatoms. The molecule has 1 aromatic rings. The zero-order valence-corrected chi connectivity index (χ0v) is 26.3. The van der Waals surface area contributed by atoms with Crippen LogP contribution in [-0.4, -0.2) is 32.3 Å². The van der Waals surface area contributed by atoms with E-state index in [0.717, 1.165) is 10.3 Å². The molecular formula is C22H45ISi4. The molecule has 0 bridgehead atoms. The highest BCUT2D eigenvalue weighted by molar-refractivity contribution is 14.1. The van der Waals surface area contributed by atoms with Gasteiger partial charge in [0.15, 0.2) is 0 Å². The van der Waals surface area contributed by atoms with Gasteiger partial charge >= 0.3 is 0 Å². The average Bonchev–Trinajstić information content (AvgIpc) is 2.39. The number of benzene rings is 1. The fraction of sp³-hybridized carbons (Fsp3) is 0.727. The van der Waals surface area contributed by atoms with Crippen LogP contribution in [0.1, 0.15) is 11.1 Å². The average molecular weight is 549 g/mol. The Labute approximate surface area is 188 Å². The first kappa shape index (κ1) is 25.9. The summed E-state index contributed by atoms with van der Waals surface area (Å²) in [6.45, 7) is 31.0. The minimum absolute atomic E-state index is 0.943. The third-order valence-corrected chi connectivity index (χ3v) is 27.1. The second-order valence-corrected chi connectivity index (χ2v) is 36.8. The van der Waals surface area contributed by atoms with E-state index >= 15 is 0 Å². The molecule has 0 aliphatic rings. The maximum Gasteiger partial charge on any atom is 0.0450 e. The number of rotatable bonds is 8. The van der Waals surface area contributed by atoms with Gasteiger partial charge in [-0.1, -0.05) is 96.8 Å². The molecule has 0 unspecified atom stereocenters. The number of hydrogen-bond donors (Lipinski definition) is 0. The summed E-state index contributed by atoms with van der Waals surface area (Å²) in [6, 6.07) is 7.21. The second-order valence-electron chi connectivity index (χ2n) is 12.9. The van der Waals surface area contributed by atoms with Crippen molar-refractivity contribution in [3.05, 3.63) is 32.9 Å². The van der Waals surface area contributed by atoms with Gasteiger partial charge in [0.25, 0.3) is 0 Å². The van der Waals surface area contributed by atoms with Crippen LogP contribution in [0.2, 0.25) is 88.9 Å². The van der Waals surface area contributed by atoms with Gasteiger partial charge in [0.1, 0.15) is 0 Å². The lowest BCUT2D eigenvalue weighted by molar-refractivity contribution is 0.945. The first-order chi connectivity index (χ1) is 11.8. The largest absolute Gasteiger partial charge is 0.0695 e. The summed E-state index contributed by atoms with van der Waals surface area (Å²) >= 11 is 2.68. The van der Waals surface area contributed by atoms with Crippen molar-refractivity contribution in [2.45, 2.75) is 102 Å². The highest BCUT2D eigenvalue weighted by atomic mass is 127. The first-order valence-electron chi connectivity index (χ1n) is 10.6. The van der Waals surface area contributed by atoms with Gasteiger partial charge in [-0.3, -0.25) is 0 Å². The van der Waals surface area contributed by atoms with Crippen LogP contribution in [0.3, 0.4) is 0 Å². The molecule has 1 aromatic carbocycles. The molecular weight excluding hydrogens is 503 g/mol. The van der Waals surface area contributed by atoms with Crippen LogP contribution in [0.5, 0.6) is 0 Å². The minimum atomic E-state index is -1.16. The maximum atomic E-state index is 2.68. The van der Waals surface area contributed by atoms with Crippen molar-refractivity contribution in [1.82, 2.24) is 0 Å². The molecule has 0 radical (unpaired) electrons. The van der Waals surface area contributed by atoms with Crippen molar-refractivity contribution < 1.29 is 0 Å². The third kappa shape index (κ3) is 7.54. The molecule has 0 fully saturated rings. The molecule has 0 aliphatic carbocycles. The van der Waals surface area contributed by atoms with Crippen molar-refractivity contribution in [3.8, 4) is 0 Å². The van der Waals surface area contributed by atoms with Crippen LogP contribution in [0.15, 0.2) is 18.2 Å². The second kappa shape index (κ2) is 8.90. The van der Waals surface area contributed by atoms with E-state index in [1.54, 1.807) is 14.7 Å². The van der Waals surface area contributed by atoms with Crippen molar-refractivity contribution in [3.63, 3.8) is 0 Å². The molecule has 0 nitrogen and oxygen atoms in total. The zero-order chi connectivity index (χ0) is 21.4. The van der Waals surface area contributed by atoms with Crippen LogP contribution in [0, 0.1) is 3.57 Å². The molecule has 1 rings (SSSR count). The molecule has 0 amide bonds. The summed E-state index contributed by atoms with van der Waals surface area (Å²) in [7, 11) is -4.66. The quantitative estimate of drug-likeness (QED) is 0.226. The van der Waals surface area contributed by atoms with E-state index in [9.17, 15) is 0 Å². The normalized spacial score (nSPS) is 14.3. The monoisotopic (exact) mass is 548 g/mol. The standard InChI is InChI=1S/C22H45ISi4/c1-24(2,3)20(25(4,5)6)16-18-14-13-15-19(22(18)23)17-21(26(7,8)9)27(10,11)12/h13-15,20-21H,16-17H2,1-12H3. The predicted octanol–water partition coefficient (Wildman–Crippen LogP) is 8.55. The Morgan fingerprint density at radius 2 is 0.852 bits per heavy atom. The van der Waals surface area contributed by atoms with Gasteiger partial charge in [0, 0.05) is 35.9 Å². The maximum absolute atomic E-state index is 2.68. The van der Waals surface area contributed by atoms with Gasteiger partial charge < -0.3 is 0 Å². The van der Waals surface area contributed by atoms with Gasteiger partial charge in [-0.25, -0.2) is 0 Å².